The molecule has 4 heteroatoms. The molecule has 1 aliphatic rings. The van der Waals surface area contributed by atoms with E-state index in [9.17, 15) is 0 Å². The van der Waals surface area contributed by atoms with E-state index in [2.05, 4.69) is 10.3 Å². The van der Waals surface area contributed by atoms with E-state index in [0.717, 1.165) is 18.7 Å². The van der Waals surface area contributed by atoms with Gasteiger partial charge in [-0.3, -0.25) is 0 Å². The smallest absolute Gasteiger partial charge is 0.216 e. The minimum absolute atomic E-state index is 0.472. The molecule has 1 N–H and O–H groups in total. The molecule has 0 radical (unpaired) electrons. The first-order valence-electron chi connectivity index (χ1n) is 5.21. The highest BCUT2D eigenvalue weighted by Gasteiger charge is 2.19. The lowest BCUT2D eigenvalue weighted by molar-refractivity contribution is 0.377. The van der Waals surface area contributed by atoms with Crippen molar-refractivity contribution in [2.45, 2.75) is 18.8 Å². The second kappa shape index (κ2) is 4.81. The molecule has 0 bridgehead atoms. The molecule has 2 heterocycles. The Balaban J connectivity index is 2.27. The van der Waals surface area contributed by atoms with Gasteiger partial charge in [-0.15, -0.1) is 0 Å². The largest absolute Gasteiger partial charge is 0.481 e. The van der Waals surface area contributed by atoms with E-state index in [0.29, 0.717) is 16.8 Å². The predicted octanol–water partition coefficient (Wildman–Crippen LogP) is 2.21. The molecule has 3 nitrogen and oxygen atoms in total. The fraction of sp³-hybridized carbons (Fsp3) is 0.545. The van der Waals surface area contributed by atoms with Gasteiger partial charge in [-0.05, 0) is 25.5 Å². The highest BCUT2D eigenvalue weighted by molar-refractivity contribution is 6.30. The van der Waals surface area contributed by atoms with Crippen molar-refractivity contribution in [2.24, 2.45) is 0 Å². The summed E-state index contributed by atoms with van der Waals surface area (Å²) in [5, 5.41) is 4.05. The van der Waals surface area contributed by atoms with Crippen molar-refractivity contribution >= 4 is 11.6 Å². The van der Waals surface area contributed by atoms with E-state index in [-0.39, 0.29) is 0 Å². The Morgan fingerprint density at radius 3 is 3.13 bits per heavy atom. The summed E-state index contributed by atoms with van der Waals surface area (Å²) in [5.74, 6) is 1.17. The van der Waals surface area contributed by atoms with Gasteiger partial charge in [0.15, 0.2) is 0 Å². The monoisotopic (exact) mass is 226 g/mol. The molecular weight excluding hydrogens is 212 g/mol. The molecule has 1 unspecified atom stereocenters. The molecule has 1 aromatic rings. The number of piperidine rings is 1. The van der Waals surface area contributed by atoms with Gasteiger partial charge in [0.2, 0.25) is 5.88 Å². The number of rotatable bonds is 2. The Hall–Kier alpha value is -0.800. The molecule has 1 aliphatic heterocycles. The molecule has 1 saturated heterocycles. The van der Waals surface area contributed by atoms with E-state index in [1.807, 2.05) is 6.07 Å². The first-order chi connectivity index (χ1) is 7.31. The van der Waals surface area contributed by atoms with Gasteiger partial charge in [-0.25, -0.2) is 4.98 Å². The van der Waals surface area contributed by atoms with Gasteiger partial charge in [0.05, 0.1) is 12.1 Å². The van der Waals surface area contributed by atoms with Crippen LogP contribution in [0.2, 0.25) is 5.02 Å². The standard InChI is InChI=1S/C11H15ClN2O/c1-15-11-10(5-9(12)7-14-11)8-3-2-4-13-6-8/h5,7-8,13H,2-4,6H2,1H3. The molecule has 0 spiro atoms. The molecule has 0 aliphatic carbocycles. The fourth-order valence-corrected chi connectivity index (χ4v) is 2.19. The van der Waals surface area contributed by atoms with E-state index in [1.165, 1.54) is 12.8 Å². The van der Waals surface area contributed by atoms with Crippen molar-refractivity contribution in [3.8, 4) is 5.88 Å². The molecule has 1 atom stereocenters. The van der Waals surface area contributed by atoms with E-state index in [4.69, 9.17) is 16.3 Å². The highest BCUT2D eigenvalue weighted by atomic mass is 35.5. The van der Waals surface area contributed by atoms with Gasteiger partial charge in [-0.2, -0.15) is 0 Å². The van der Waals surface area contributed by atoms with Crippen LogP contribution in [0.4, 0.5) is 0 Å². The minimum Gasteiger partial charge on any atom is -0.481 e. The van der Waals surface area contributed by atoms with Crippen molar-refractivity contribution < 1.29 is 4.74 Å². The molecule has 0 aromatic carbocycles. The summed E-state index contributed by atoms with van der Waals surface area (Å²) in [6.07, 6.45) is 3.99. The van der Waals surface area contributed by atoms with Crippen LogP contribution in [0.3, 0.4) is 0 Å². The van der Waals surface area contributed by atoms with Crippen LogP contribution < -0.4 is 10.1 Å². The average Bonchev–Trinajstić information content (AvgIpc) is 2.30. The number of pyridine rings is 1. The molecule has 82 valence electrons. The normalized spacial score (nSPS) is 21.3. The van der Waals surface area contributed by atoms with Crippen LogP contribution in [-0.4, -0.2) is 25.2 Å². The first kappa shape index (κ1) is 10.7. The topological polar surface area (TPSA) is 34.1 Å². The zero-order chi connectivity index (χ0) is 10.7. The van der Waals surface area contributed by atoms with E-state index < -0.39 is 0 Å². The molecule has 0 saturated carbocycles. The lowest BCUT2D eigenvalue weighted by Crippen LogP contribution is -2.28. The van der Waals surface area contributed by atoms with Crippen LogP contribution >= 0.6 is 11.6 Å². The van der Waals surface area contributed by atoms with E-state index >= 15 is 0 Å². The summed E-state index contributed by atoms with van der Waals surface area (Å²) in [5.41, 5.74) is 1.12. The summed E-state index contributed by atoms with van der Waals surface area (Å²) >= 11 is 5.95. The number of methoxy groups -OCH3 is 1. The Kier molecular flexibility index (Phi) is 3.44. The second-order valence-electron chi connectivity index (χ2n) is 3.80. The summed E-state index contributed by atoms with van der Waals surface area (Å²) < 4.78 is 5.26. The quantitative estimate of drug-likeness (QED) is 0.840. The number of halogens is 1. The maximum atomic E-state index is 5.95. The van der Waals surface area contributed by atoms with Crippen molar-refractivity contribution in [3.63, 3.8) is 0 Å². The molecule has 1 fully saturated rings. The van der Waals surface area contributed by atoms with Crippen molar-refractivity contribution in [3.05, 3.63) is 22.8 Å². The van der Waals surface area contributed by atoms with Crippen LogP contribution in [0.5, 0.6) is 5.88 Å². The summed E-state index contributed by atoms with van der Waals surface area (Å²) in [6.45, 7) is 2.09. The van der Waals surface area contributed by atoms with Crippen LogP contribution in [0.1, 0.15) is 24.3 Å². The molecule has 15 heavy (non-hydrogen) atoms. The maximum absolute atomic E-state index is 5.95. The molecular formula is C11H15ClN2O. The zero-order valence-electron chi connectivity index (χ0n) is 8.79. The van der Waals surface area contributed by atoms with E-state index in [1.54, 1.807) is 13.3 Å². The van der Waals surface area contributed by atoms with Crippen LogP contribution in [0.25, 0.3) is 0 Å². The summed E-state index contributed by atoms with van der Waals surface area (Å²) in [7, 11) is 1.65. The number of nitrogens with one attached hydrogen (secondary N) is 1. The van der Waals surface area contributed by atoms with Crippen molar-refractivity contribution in [1.29, 1.82) is 0 Å². The van der Waals surface area contributed by atoms with Gasteiger partial charge in [0.1, 0.15) is 0 Å². The predicted molar refractivity (Wildman–Crippen MR) is 60.6 cm³/mol. The third-order valence-corrected chi connectivity index (χ3v) is 2.98. The number of ether oxygens (including phenoxy) is 1. The fourth-order valence-electron chi connectivity index (χ4n) is 2.02. The Morgan fingerprint density at radius 2 is 2.47 bits per heavy atom. The highest BCUT2D eigenvalue weighted by Crippen LogP contribution is 2.31. The van der Waals surface area contributed by atoms with Gasteiger partial charge < -0.3 is 10.1 Å². The average molecular weight is 227 g/mol. The summed E-state index contributed by atoms with van der Waals surface area (Å²) in [4.78, 5) is 4.19. The molecule has 0 amide bonds. The van der Waals surface area contributed by atoms with Gasteiger partial charge >= 0.3 is 0 Å². The summed E-state index contributed by atoms with van der Waals surface area (Å²) in [6, 6.07) is 1.96. The molecule has 1 aromatic heterocycles. The minimum atomic E-state index is 0.472. The Morgan fingerprint density at radius 1 is 1.60 bits per heavy atom. The van der Waals surface area contributed by atoms with Crippen LogP contribution in [0, 0.1) is 0 Å². The third kappa shape index (κ3) is 2.41. The molecule has 2 rings (SSSR count). The Labute approximate surface area is 94.8 Å². The van der Waals surface area contributed by atoms with Crippen molar-refractivity contribution in [2.75, 3.05) is 20.2 Å². The van der Waals surface area contributed by atoms with Crippen LogP contribution in [0.15, 0.2) is 12.3 Å². The van der Waals surface area contributed by atoms with Gasteiger partial charge in [0.25, 0.3) is 0 Å². The van der Waals surface area contributed by atoms with Crippen molar-refractivity contribution in [1.82, 2.24) is 10.3 Å². The van der Waals surface area contributed by atoms with Crippen LogP contribution in [-0.2, 0) is 0 Å². The first-order valence-corrected chi connectivity index (χ1v) is 5.59. The lowest BCUT2D eigenvalue weighted by Gasteiger charge is -2.24. The number of hydrogen-bond acceptors (Lipinski definition) is 3. The Bertz CT molecular complexity index is 337. The second-order valence-corrected chi connectivity index (χ2v) is 4.23. The van der Waals surface area contributed by atoms with Gasteiger partial charge in [0, 0.05) is 24.2 Å². The lowest BCUT2D eigenvalue weighted by atomic mass is 9.92. The number of nitrogens with zero attached hydrogens (tertiary/aromatic N) is 1. The zero-order valence-corrected chi connectivity index (χ0v) is 9.55. The SMILES string of the molecule is COc1ncc(Cl)cc1C1CCCNC1. The maximum Gasteiger partial charge on any atom is 0.216 e. The number of hydrogen-bond donors (Lipinski definition) is 1. The number of aromatic nitrogens is 1. The third-order valence-electron chi connectivity index (χ3n) is 2.78. The van der Waals surface area contributed by atoms with Gasteiger partial charge in [-0.1, -0.05) is 11.6 Å².